The first-order valence-corrected chi connectivity index (χ1v) is 10.3. The minimum atomic E-state index is -3.91. The highest BCUT2D eigenvalue weighted by Crippen LogP contribution is 2.33. The minimum Gasteiger partial charge on any atom is -0.465 e. The number of thioether (sulfide) groups is 1. The number of amidine groups is 1. The van der Waals surface area contributed by atoms with Crippen LogP contribution in [-0.2, 0) is 14.8 Å². The molecular weight excluding hydrogens is 428 g/mol. The number of nitrogens with zero attached hydrogens (tertiary/aromatic N) is 2. The molecule has 1 fully saturated rings. The van der Waals surface area contributed by atoms with Crippen molar-refractivity contribution in [3.05, 3.63) is 57.8 Å². The lowest BCUT2D eigenvalue weighted by Gasteiger charge is -2.11. The van der Waals surface area contributed by atoms with Crippen LogP contribution < -0.4 is 0 Å². The third kappa shape index (κ3) is 3.88. The average Bonchev–Trinajstić information content (AvgIpc) is 3.17. The average molecular weight is 441 g/mol. The molecule has 9 heteroatoms. The van der Waals surface area contributed by atoms with Crippen LogP contribution >= 0.6 is 27.7 Å². The summed E-state index contributed by atoms with van der Waals surface area (Å²) in [6, 6.07) is 9.59. The maximum Gasteiger partial charge on any atom is 0.284 e. The fourth-order valence-corrected chi connectivity index (χ4v) is 4.61. The van der Waals surface area contributed by atoms with Gasteiger partial charge in [0.15, 0.2) is 5.17 Å². The van der Waals surface area contributed by atoms with Crippen LogP contribution in [0.5, 0.6) is 0 Å². The summed E-state index contributed by atoms with van der Waals surface area (Å²) in [5.74, 6) is 0.220. The van der Waals surface area contributed by atoms with Crippen molar-refractivity contribution >= 4 is 54.9 Å². The number of hydrogen-bond acceptors (Lipinski definition) is 5. The van der Waals surface area contributed by atoms with Gasteiger partial charge in [0, 0.05) is 17.1 Å². The van der Waals surface area contributed by atoms with Crippen LogP contribution in [0.2, 0.25) is 0 Å². The zero-order valence-corrected chi connectivity index (χ0v) is 16.3. The Morgan fingerprint density at radius 1 is 1.28 bits per heavy atom. The van der Waals surface area contributed by atoms with E-state index in [1.165, 1.54) is 23.3 Å². The first kappa shape index (κ1) is 18.0. The summed E-state index contributed by atoms with van der Waals surface area (Å²) in [6.07, 6.45) is 3.07. The Hall–Kier alpha value is -1.84. The van der Waals surface area contributed by atoms with E-state index in [0.29, 0.717) is 17.2 Å². The normalized spacial score (nSPS) is 18.5. The van der Waals surface area contributed by atoms with Crippen LogP contribution in [0, 0.1) is 0 Å². The Morgan fingerprint density at radius 2 is 2.00 bits per heavy atom. The largest absolute Gasteiger partial charge is 0.465 e. The maximum atomic E-state index is 12.5. The van der Waals surface area contributed by atoms with E-state index in [-0.39, 0.29) is 16.0 Å². The molecule has 3 rings (SSSR count). The van der Waals surface area contributed by atoms with E-state index in [0.717, 1.165) is 16.2 Å². The van der Waals surface area contributed by atoms with E-state index in [9.17, 15) is 13.2 Å². The molecule has 0 saturated carbocycles. The molecule has 6 nitrogen and oxygen atoms in total. The Bertz CT molecular complexity index is 949. The Morgan fingerprint density at radius 3 is 2.60 bits per heavy atom. The fraction of sp³-hybridized carbons (Fsp3) is 0.125. The monoisotopic (exact) mass is 440 g/mol. The van der Waals surface area contributed by atoms with Gasteiger partial charge in [0.05, 0.1) is 16.1 Å². The number of carbonyl (C=O) groups excluding carboxylic acids is 1. The quantitative estimate of drug-likeness (QED) is 0.676. The number of carbonyl (C=O) groups is 1. The molecule has 1 amide bonds. The number of furan rings is 1. The summed E-state index contributed by atoms with van der Waals surface area (Å²) in [6.45, 7) is 2.08. The van der Waals surface area contributed by atoms with Gasteiger partial charge in [-0.25, -0.2) is 0 Å². The maximum absolute atomic E-state index is 12.5. The van der Waals surface area contributed by atoms with Gasteiger partial charge >= 0.3 is 0 Å². The molecule has 0 atom stereocenters. The predicted molar refractivity (Wildman–Crippen MR) is 100 cm³/mol. The summed E-state index contributed by atoms with van der Waals surface area (Å²) in [7, 11) is -3.91. The van der Waals surface area contributed by atoms with Gasteiger partial charge in [0.2, 0.25) is 0 Å². The van der Waals surface area contributed by atoms with E-state index in [2.05, 4.69) is 20.3 Å². The van der Waals surface area contributed by atoms with Gasteiger partial charge in [-0.05, 0) is 55.1 Å². The van der Waals surface area contributed by atoms with Gasteiger partial charge in [0.25, 0.3) is 15.9 Å². The molecule has 2 heterocycles. The number of sulfonamides is 1. The van der Waals surface area contributed by atoms with Crippen LogP contribution in [0.3, 0.4) is 0 Å². The molecule has 0 radical (unpaired) electrons. The number of amides is 1. The predicted octanol–water partition coefficient (Wildman–Crippen LogP) is 3.72. The Labute approximate surface area is 157 Å². The van der Waals surface area contributed by atoms with Gasteiger partial charge in [-0.1, -0.05) is 15.9 Å². The number of halogens is 1. The van der Waals surface area contributed by atoms with Crippen molar-refractivity contribution in [2.45, 2.75) is 11.8 Å². The van der Waals surface area contributed by atoms with E-state index < -0.39 is 10.0 Å². The smallest absolute Gasteiger partial charge is 0.284 e. The van der Waals surface area contributed by atoms with Crippen molar-refractivity contribution in [3.63, 3.8) is 0 Å². The van der Waals surface area contributed by atoms with Crippen molar-refractivity contribution in [2.24, 2.45) is 4.40 Å². The van der Waals surface area contributed by atoms with Gasteiger partial charge < -0.3 is 4.42 Å². The second kappa shape index (κ2) is 7.19. The second-order valence-corrected chi connectivity index (χ2v) is 8.51. The molecule has 2 aromatic rings. The molecule has 1 aliphatic heterocycles. The lowest BCUT2D eigenvalue weighted by atomic mass is 10.3. The highest BCUT2D eigenvalue weighted by atomic mass is 79.9. The van der Waals surface area contributed by atoms with Gasteiger partial charge in [-0.2, -0.15) is 8.42 Å². The van der Waals surface area contributed by atoms with Crippen molar-refractivity contribution in [2.75, 3.05) is 6.54 Å². The highest BCUT2D eigenvalue weighted by molar-refractivity contribution is 9.10. The lowest BCUT2D eigenvalue weighted by Crippen LogP contribution is -2.29. The molecular formula is C16H13BrN2O4S2. The molecule has 0 spiro atoms. The minimum absolute atomic E-state index is 0.0655. The number of likely N-dealkylation sites (N-methyl/N-ethyl adjacent to an activating group) is 1. The Balaban J connectivity index is 1.96. The molecule has 1 aromatic carbocycles. The number of rotatable bonds is 4. The van der Waals surface area contributed by atoms with Gasteiger partial charge in [-0.3, -0.25) is 9.69 Å². The standard InChI is InChI=1S/C16H13BrN2O4S2/c1-2-19-15(20)14(10-12-4-3-9-23-12)24-16(19)18-25(21,22)13-7-5-11(17)6-8-13/h3-10H,2H2,1H3/b14-10-,18-16?. The van der Waals surface area contributed by atoms with Crippen molar-refractivity contribution < 1.29 is 17.6 Å². The van der Waals surface area contributed by atoms with E-state index in [1.807, 2.05) is 0 Å². The van der Waals surface area contributed by atoms with Gasteiger partial charge in [-0.15, -0.1) is 4.40 Å². The van der Waals surface area contributed by atoms with Crippen LogP contribution in [0.25, 0.3) is 6.08 Å². The molecule has 130 valence electrons. The third-order valence-corrected chi connectivity index (χ3v) is 6.26. The molecule has 1 saturated heterocycles. The van der Waals surface area contributed by atoms with Crippen molar-refractivity contribution in [3.8, 4) is 0 Å². The topological polar surface area (TPSA) is 80.0 Å². The zero-order chi connectivity index (χ0) is 18.0. The SMILES string of the molecule is CCN1C(=O)/C(=C/c2ccco2)SC1=NS(=O)(=O)c1ccc(Br)cc1. The summed E-state index contributed by atoms with van der Waals surface area (Å²) >= 11 is 4.27. The molecule has 0 bridgehead atoms. The first-order chi connectivity index (χ1) is 11.9. The number of benzene rings is 1. The van der Waals surface area contributed by atoms with Crippen LogP contribution in [-0.4, -0.2) is 30.9 Å². The zero-order valence-electron chi connectivity index (χ0n) is 13.0. The first-order valence-electron chi connectivity index (χ1n) is 7.26. The Kier molecular flexibility index (Phi) is 5.16. The second-order valence-electron chi connectivity index (χ2n) is 4.98. The van der Waals surface area contributed by atoms with Crippen molar-refractivity contribution in [1.29, 1.82) is 0 Å². The van der Waals surface area contributed by atoms with Crippen LogP contribution in [0.4, 0.5) is 0 Å². The van der Waals surface area contributed by atoms with Crippen LogP contribution in [0.15, 0.2) is 65.7 Å². The van der Waals surface area contributed by atoms with Crippen molar-refractivity contribution in [1.82, 2.24) is 4.90 Å². The van der Waals surface area contributed by atoms with E-state index in [4.69, 9.17) is 4.42 Å². The summed E-state index contributed by atoms with van der Waals surface area (Å²) in [5, 5.41) is 0.133. The molecule has 0 unspecified atom stereocenters. The van der Waals surface area contributed by atoms with E-state index in [1.54, 1.807) is 37.3 Å². The highest BCUT2D eigenvalue weighted by Gasteiger charge is 2.34. The molecule has 1 aromatic heterocycles. The summed E-state index contributed by atoms with van der Waals surface area (Å²) in [5.41, 5.74) is 0. The third-order valence-electron chi connectivity index (χ3n) is 3.33. The molecule has 0 aliphatic carbocycles. The molecule has 0 N–H and O–H groups in total. The lowest BCUT2D eigenvalue weighted by molar-refractivity contribution is -0.122. The fourth-order valence-electron chi connectivity index (χ4n) is 2.12. The van der Waals surface area contributed by atoms with Crippen LogP contribution in [0.1, 0.15) is 12.7 Å². The number of hydrogen-bond donors (Lipinski definition) is 0. The summed E-state index contributed by atoms with van der Waals surface area (Å²) in [4.78, 5) is 14.2. The van der Waals surface area contributed by atoms with E-state index >= 15 is 0 Å². The molecule has 1 aliphatic rings. The summed E-state index contributed by atoms with van der Waals surface area (Å²) < 4.78 is 34.8. The van der Waals surface area contributed by atoms with Gasteiger partial charge in [0.1, 0.15) is 5.76 Å². The molecule has 25 heavy (non-hydrogen) atoms.